The highest BCUT2D eigenvalue weighted by atomic mass is 16.4. The van der Waals surface area contributed by atoms with E-state index in [1.165, 1.54) is 0 Å². The molecule has 0 aliphatic heterocycles. The molecule has 0 bridgehead atoms. The highest BCUT2D eigenvalue weighted by Gasteiger charge is 2.30. The van der Waals surface area contributed by atoms with Gasteiger partial charge in [-0.2, -0.15) is 0 Å². The third kappa shape index (κ3) is 2.71. The summed E-state index contributed by atoms with van der Waals surface area (Å²) in [5, 5.41) is 16.8. The minimum atomic E-state index is -1.63. The van der Waals surface area contributed by atoms with Crippen molar-refractivity contribution in [2.24, 2.45) is 5.73 Å². The molecular weight excluding hydrogens is 162 g/mol. The highest BCUT2D eigenvalue weighted by molar-refractivity contribution is 5.81. The second kappa shape index (κ2) is 3.87. The fourth-order valence-corrected chi connectivity index (χ4v) is 0.610. The van der Waals surface area contributed by atoms with E-state index in [4.69, 9.17) is 15.9 Å². The fraction of sp³-hybridized carbons (Fsp3) is 0.429. The molecule has 0 spiro atoms. The minimum absolute atomic E-state index is 0.152. The molecule has 0 amide bonds. The summed E-state index contributed by atoms with van der Waals surface area (Å²) < 4.78 is 0. The minimum Gasteiger partial charge on any atom is -0.481 e. The largest absolute Gasteiger partial charge is 0.481 e. The molecule has 1 atom stereocenters. The third-order valence-electron chi connectivity index (χ3n) is 1.51. The zero-order valence-electron chi connectivity index (χ0n) is 6.49. The smallest absolute Gasteiger partial charge is 0.327 e. The van der Waals surface area contributed by atoms with Crippen molar-refractivity contribution in [1.82, 2.24) is 0 Å². The van der Waals surface area contributed by atoms with Gasteiger partial charge < -0.3 is 15.9 Å². The summed E-state index contributed by atoms with van der Waals surface area (Å²) in [5.74, 6) is -2.34. The predicted octanol–water partition coefficient (Wildman–Crippen LogP) is -0.181. The second-order valence-corrected chi connectivity index (χ2v) is 2.44. The first-order valence-corrected chi connectivity index (χ1v) is 3.30. The first-order valence-electron chi connectivity index (χ1n) is 3.30. The van der Waals surface area contributed by atoms with Crippen molar-refractivity contribution in [3.63, 3.8) is 0 Å². The quantitative estimate of drug-likeness (QED) is 0.500. The topological polar surface area (TPSA) is 101 Å². The van der Waals surface area contributed by atoms with E-state index >= 15 is 0 Å². The van der Waals surface area contributed by atoms with Crippen LogP contribution < -0.4 is 5.73 Å². The second-order valence-electron chi connectivity index (χ2n) is 2.44. The van der Waals surface area contributed by atoms with E-state index in [0.717, 1.165) is 6.08 Å². The zero-order valence-corrected chi connectivity index (χ0v) is 6.49. The van der Waals surface area contributed by atoms with Gasteiger partial charge in [-0.3, -0.25) is 4.79 Å². The monoisotopic (exact) mass is 173 g/mol. The third-order valence-corrected chi connectivity index (χ3v) is 1.51. The van der Waals surface area contributed by atoms with Gasteiger partial charge >= 0.3 is 11.9 Å². The highest BCUT2D eigenvalue weighted by Crippen LogP contribution is 2.10. The molecule has 0 rings (SSSR count). The predicted molar refractivity (Wildman–Crippen MR) is 41.6 cm³/mol. The van der Waals surface area contributed by atoms with Crippen LogP contribution in [0.15, 0.2) is 12.7 Å². The lowest BCUT2D eigenvalue weighted by molar-refractivity contribution is -0.142. The Morgan fingerprint density at radius 3 is 2.25 bits per heavy atom. The Hall–Kier alpha value is -1.36. The van der Waals surface area contributed by atoms with Crippen LogP contribution in [0.25, 0.3) is 0 Å². The molecule has 0 fully saturated rings. The number of carbonyl (C=O) groups is 2. The molecule has 0 unspecified atom stereocenters. The fourth-order valence-electron chi connectivity index (χ4n) is 0.610. The summed E-state index contributed by atoms with van der Waals surface area (Å²) >= 11 is 0. The van der Waals surface area contributed by atoms with E-state index in [1.807, 2.05) is 0 Å². The molecule has 68 valence electrons. The van der Waals surface area contributed by atoms with Crippen LogP contribution in [0.5, 0.6) is 0 Å². The van der Waals surface area contributed by atoms with Gasteiger partial charge in [0.25, 0.3) is 0 Å². The molecule has 0 aromatic carbocycles. The first kappa shape index (κ1) is 10.6. The number of nitrogens with two attached hydrogens (primary N) is 1. The van der Waals surface area contributed by atoms with E-state index < -0.39 is 17.5 Å². The van der Waals surface area contributed by atoms with E-state index in [2.05, 4.69) is 6.58 Å². The van der Waals surface area contributed by atoms with Crippen LogP contribution in [0.1, 0.15) is 12.8 Å². The molecule has 12 heavy (non-hydrogen) atoms. The Morgan fingerprint density at radius 1 is 1.50 bits per heavy atom. The molecule has 0 radical (unpaired) electrons. The van der Waals surface area contributed by atoms with Gasteiger partial charge in [-0.05, 0) is 6.42 Å². The van der Waals surface area contributed by atoms with Gasteiger partial charge in [0.2, 0.25) is 0 Å². The van der Waals surface area contributed by atoms with Crippen molar-refractivity contribution < 1.29 is 19.8 Å². The number of hydrogen-bond donors (Lipinski definition) is 3. The normalized spacial score (nSPS) is 14.8. The van der Waals surface area contributed by atoms with Crippen molar-refractivity contribution in [2.45, 2.75) is 18.4 Å². The molecular formula is C7H11NO4. The SMILES string of the molecule is C=C[C@](N)(CCC(=O)O)C(=O)O. The summed E-state index contributed by atoms with van der Waals surface area (Å²) in [6.45, 7) is 3.23. The molecule has 0 aromatic rings. The number of carboxylic acids is 2. The molecule has 0 aliphatic rings. The summed E-state index contributed by atoms with van der Waals surface area (Å²) in [6, 6.07) is 0. The zero-order chi connectivity index (χ0) is 9.78. The lowest BCUT2D eigenvalue weighted by atomic mass is 9.95. The van der Waals surface area contributed by atoms with Crippen molar-refractivity contribution in [2.75, 3.05) is 0 Å². The Balaban J connectivity index is 4.25. The van der Waals surface area contributed by atoms with Crippen molar-refractivity contribution in [1.29, 1.82) is 0 Å². The summed E-state index contributed by atoms with van der Waals surface area (Å²) in [4.78, 5) is 20.6. The maximum absolute atomic E-state index is 10.5. The van der Waals surface area contributed by atoms with Gasteiger partial charge in [0.1, 0.15) is 5.54 Å². The lowest BCUT2D eigenvalue weighted by Gasteiger charge is -2.18. The first-order chi connectivity index (χ1) is 5.42. The Bertz CT molecular complexity index is 213. The van der Waals surface area contributed by atoms with Gasteiger partial charge in [-0.25, -0.2) is 4.79 Å². The molecule has 0 aromatic heterocycles. The van der Waals surface area contributed by atoms with E-state index in [9.17, 15) is 9.59 Å². The number of aliphatic carboxylic acids is 2. The van der Waals surface area contributed by atoms with Crippen LogP contribution in [0.3, 0.4) is 0 Å². The van der Waals surface area contributed by atoms with Crippen LogP contribution >= 0.6 is 0 Å². The van der Waals surface area contributed by atoms with Gasteiger partial charge in [0, 0.05) is 6.42 Å². The van der Waals surface area contributed by atoms with Gasteiger partial charge in [0.05, 0.1) is 0 Å². The number of carboxylic acid groups (broad SMARTS) is 2. The maximum Gasteiger partial charge on any atom is 0.327 e. The summed E-state index contributed by atoms with van der Waals surface area (Å²) in [7, 11) is 0. The standard InChI is InChI=1S/C7H11NO4/c1-2-7(8,6(11)12)4-3-5(9)10/h2H,1,3-4,8H2,(H,9,10)(H,11,12)/t7-/m0/s1. The van der Waals surface area contributed by atoms with Gasteiger partial charge in [0.15, 0.2) is 0 Å². The van der Waals surface area contributed by atoms with E-state index in [1.54, 1.807) is 0 Å². The summed E-state index contributed by atoms with van der Waals surface area (Å²) in [6.07, 6.45) is 0.605. The molecule has 5 nitrogen and oxygen atoms in total. The molecule has 0 saturated heterocycles. The Labute approximate surface area is 69.5 Å². The number of rotatable bonds is 5. The van der Waals surface area contributed by atoms with Crippen LogP contribution in [0.4, 0.5) is 0 Å². The van der Waals surface area contributed by atoms with Crippen molar-refractivity contribution in [3.8, 4) is 0 Å². The average molecular weight is 173 g/mol. The summed E-state index contributed by atoms with van der Waals surface area (Å²) in [5.41, 5.74) is 3.68. The van der Waals surface area contributed by atoms with E-state index in [-0.39, 0.29) is 12.8 Å². The van der Waals surface area contributed by atoms with Crippen LogP contribution in [-0.2, 0) is 9.59 Å². The van der Waals surface area contributed by atoms with E-state index in [0.29, 0.717) is 0 Å². The average Bonchev–Trinajstić information content (AvgIpc) is 1.99. The van der Waals surface area contributed by atoms with Crippen molar-refractivity contribution >= 4 is 11.9 Å². The van der Waals surface area contributed by atoms with Crippen molar-refractivity contribution in [3.05, 3.63) is 12.7 Å². The molecule has 0 heterocycles. The van der Waals surface area contributed by atoms with Gasteiger partial charge in [-0.1, -0.05) is 6.08 Å². The maximum atomic E-state index is 10.5. The Morgan fingerprint density at radius 2 is 2.00 bits per heavy atom. The molecule has 0 aliphatic carbocycles. The molecule has 5 heteroatoms. The van der Waals surface area contributed by atoms with Crippen LogP contribution in [-0.4, -0.2) is 27.7 Å². The molecule has 4 N–H and O–H groups in total. The van der Waals surface area contributed by atoms with Gasteiger partial charge in [-0.15, -0.1) is 6.58 Å². The lowest BCUT2D eigenvalue weighted by Crippen LogP contribution is -2.46. The van der Waals surface area contributed by atoms with Crippen LogP contribution in [0, 0.1) is 0 Å². The Kier molecular flexibility index (Phi) is 3.43. The van der Waals surface area contributed by atoms with Crippen LogP contribution in [0.2, 0.25) is 0 Å². The number of hydrogen-bond acceptors (Lipinski definition) is 3. The molecule has 0 saturated carbocycles.